The van der Waals surface area contributed by atoms with Crippen molar-refractivity contribution in [1.29, 1.82) is 0 Å². The van der Waals surface area contributed by atoms with E-state index in [1.807, 2.05) is 165 Å². The molecule has 0 spiro atoms. The van der Waals surface area contributed by atoms with Crippen molar-refractivity contribution in [2.45, 2.75) is 31.6 Å². The first-order valence-corrected chi connectivity index (χ1v) is 30.8. The van der Waals surface area contributed by atoms with Crippen LogP contribution in [0.25, 0.3) is 0 Å². The van der Waals surface area contributed by atoms with Crippen LogP contribution < -0.4 is 49.0 Å². The van der Waals surface area contributed by atoms with Gasteiger partial charge in [-0.3, -0.25) is 0 Å². The van der Waals surface area contributed by atoms with Crippen LogP contribution in [0.4, 0.5) is 102 Å². The van der Waals surface area contributed by atoms with Gasteiger partial charge in [0.1, 0.15) is 0 Å². The number of benzene rings is 9. The molecule has 10 nitrogen and oxygen atoms in total. The fraction of sp³-hybridized carbons (Fsp3) is 0.134. The zero-order valence-corrected chi connectivity index (χ0v) is 46.8. The van der Waals surface area contributed by atoms with E-state index in [1.165, 1.54) is 19.6 Å². The van der Waals surface area contributed by atoms with Gasteiger partial charge in [-0.05, 0) is 0 Å². The van der Waals surface area contributed by atoms with Crippen LogP contribution in [0.1, 0.15) is 53.6 Å². The standard InChI is InChI=1S/C67H56N10.2Pt/c1-68-44-72(64-33-11-7-29-60(64)68)49-21-15-25-53(39-49)76(54-26-16-22-50(40-54)73-45-69(2)61-30-8-12-34-65(61)73)57-37-38-59(58(43-57)48-19-5-6-20-48)77(55-27-17-23-51(41-55)74-46-70(3)62-31-9-13-35-66(62)74)56-28-18-24-52(42-56)75-47-71(4)63-32-10-14-36-67(63)75;;/h7-18,21-43,48H,5-6,19-20H2,1-4H3;;/i1D3,2D3,3D3,4D3;;. The Balaban J connectivity index is 0.934. The predicted molar refractivity (Wildman–Crippen MR) is 325 cm³/mol. The van der Waals surface area contributed by atoms with Gasteiger partial charge in [0.25, 0.3) is 0 Å². The molecule has 9 aromatic carbocycles. The normalized spacial score (nSPS) is 20.0. The van der Waals surface area contributed by atoms with Crippen LogP contribution in [-0.2, 0) is 35.3 Å². The SMILES string of the molecule is [2H]C([2H])([2H])N1[C]2=[Pt]=[C]3N(c4cccc(c4)N(c4ccc(N5c6cccc(c6)N6[C](=[Pt]=[C]7N(c8cccc5c8)c5ccccc5N7C([2H])([2H])[2H])N(C([2H])([2H])[2H])c5ccccc56)c(C5CCCC5)c4)c4cccc(c4)N2c2ccccc21)c1ccccc1N3C([2H])([2H])[2H]. The Hall–Kier alpha value is -8.16. The molecular weight excluding hydrogens is 1330 g/mol. The van der Waals surface area contributed by atoms with Gasteiger partial charge in [-0.25, -0.2) is 0 Å². The van der Waals surface area contributed by atoms with E-state index in [4.69, 9.17) is 16.4 Å². The maximum atomic E-state index is 9.13. The summed E-state index contributed by atoms with van der Waals surface area (Å²) in [5, 5.41) is 0. The van der Waals surface area contributed by atoms with Crippen LogP contribution in [0.2, 0.25) is 0 Å². The van der Waals surface area contributed by atoms with Crippen molar-refractivity contribution < 1.29 is 51.7 Å². The van der Waals surface area contributed by atoms with Crippen LogP contribution >= 0.6 is 0 Å². The van der Waals surface area contributed by atoms with Gasteiger partial charge in [-0.15, -0.1) is 0 Å². The van der Waals surface area contributed by atoms with E-state index >= 15 is 0 Å². The first-order chi connectivity index (χ1) is 43.7. The molecule has 12 heteroatoms. The molecule has 1 saturated carbocycles. The van der Waals surface area contributed by atoms with E-state index in [-0.39, 0.29) is 5.92 Å². The van der Waals surface area contributed by atoms with E-state index in [2.05, 4.69) is 76.5 Å². The van der Waals surface area contributed by atoms with Crippen LogP contribution in [-0.4, -0.2) is 44.5 Å². The first kappa shape index (κ1) is 36.1. The van der Waals surface area contributed by atoms with Crippen LogP contribution in [0, 0.1) is 0 Å². The average Bonchev–Trinajstić information content (AvgIpc) is 1.59. The van der Waals surface area contributed by atoms with Gasteiger partial charge in [0.15, 0.2) is 0 Å². The number of para-hydroxylation sites is 8. The molecule has 9 aromatic rings. The van der Waals surface area contributed by atoms with Crippen LogP contribution in [0.3, 0.4) is 0 Å². The summed E-state index contributed by atoms with van der Waals surface area (Å²) in [6.07, 6.45) is 3.94. The Labute approximate surface area is 494 Å². The van der Waals surface area contributed by atoms with Crippen LogP contribution in [0.15, 0.2) is 212 Å². The molecule has 7 aliphatic rings. The van der Waals surface area contributed by atoms with Gasteiger partial charge in [0, 0.05) is 0 Å². The fourth-order valence-corrected chi connectivity index (χ4v) is 18.6. The summed E-state index contributed by atoms with van der Waals surface area (Å²) in [4.78, 5) is 18.3. The predicted octanol–water partition coefficient (Wildman–Crippen LogP) is 15.2. The molecule has 0 saturated heterocycles. The summed E-state index contributed by atoms with van der Waals surface area (Å²) in [7, 11) is 0. The van der Waals surface area contributed by atoms with E-state index < -0.39 is 63.2 Å². The van der Waals surface area contributed by atoms with Crippen molar-refractivity contribution in [2.75, 3.05) is 76.9 Å². The Morgan fingerprint density at radius 3 is 0.911 bits per heavy atom. The average molecular weight is 1400 g/mol. The number of anilines is 18. The third-order valence-corrected chi connectivity index (χ3v) is 21.9. The molecule has 16 rings (SSSR count). The zero-order valence-electron chi connectivity index (χ0n) is 54.2. The van der Waals surface area contributed by atoms with Crippen molar-refractivity contribution in [3.8, 4) is 0 Å². The molecular formula is C67H56N10Pt2. The third-order valence-electron chi connectivity index (χ3n) is 15.8. The summed E-state index contributed by atoms with van der Waals surface area (Å²) in [5.41, 5.74) is 13.6. The molecule has 0 radical (unpaired) electrons. The minimum atomic E-state index is -2.64. The quantitative estimate of drug-likeness (QED) is 0.171. The number of nitrogens with zero attached hydrogens (tertiary/aromatic N) is 10. The van der Waals surface area contributed by atoms with Crippen molar-refractivity contribution in [3.05, 3.63) is 218 Å². The Morgan fingerprint density at radius 1 is 0.291 bits per heavy atom. The Bertz CT molecular complexity index is 4410. The van der Waals surface area contributed by atoms with Crippen molar-refractivity contribution in [3.63, 3.8) is 0 Å². The number of rotatable bonds is 3. The second kappa shape index (κ2) is 18.2. The second-order valence-electron chi connectivity index (χ2n) is 20.2. The summed E-state index contributed by atoms with van der Waals surface area (Å²) in [6, 6.07) is 69.2. The zero-order chi connectivity index (χ0) is 62.6. The minimum absolute atomic E-state index is 0.117. The third kappa shape index (κ3) is 7.16. The van der Waals surface area contributed by atoms with Gasteiger partial charge in [-0.1, -0.05) is 0 Å². The summed E-state index contributed by atoms with van der Waals surface area (Å²) in [5.74, 6) is 0.117. The Kier molecular flexibility index (Phi) is 8.32. The maximum absolute atomic E-state index is 9.13. The van der Waals surface area contributed by atoms with Gasteiger partial charge >= 0.3 is 497 Å². The van der Waals surface area contributed by atoms with Crippen LogP contribution in [0.5, 0.6) is 0 Å². The van der Waals surface area contributed by atoms with Gasteiger partial charge in [0.2, 0.25) is 0 Å². The topological polar surface area (TPSA) is 32.4 Å². The van der Waals surface area contributed by atoms with Gasteiger partial charge in [0.05, 0.1) is 0 Å². The van der Waals surface area contributed by atoms with Crippen molar-refractivity contribution in [2.24, 2.45) is 0 Å². The molecule has 6 heterocycles. The molecule has 0 aromatic heterocycles. The molecule has 0 atom stereocenters. The van der Waals surface area contributed by atoms with Gasteiger partial charge < -0.3 is 0 Å². The molecule has 394 valence electrons. The first-order valence-electron chi connectivity index (χ1n) is 32.3. The molecule has 0 N–H and O–H groups in total. The molecule has 1 aliphatic carbocycles. The summed E-state index contributed by atoms with van der Waals surface area (Å²) < 4.78 is 111. The van der Waals surface area contributed by atoms with E-state index in [9.17, 15) is 0 Å². The molecule has 6 aliphatic heterocycles. The summed E-state index contributed by atoms with van der Waals surface area (Å²) in [6.45, 7) is -10.6. The molecule has 0 unspecified atom stereocenters. The van der Waals surface area contributed by atoms with Gasteiger partial charge in [-0.2, -0.15) is 0 Å². The molecule has 0 amide bonds. The van der Waals surface area contributed by atoms with Crippen molar-refractivity contribution >= 4 is 119 Å². The summed E-state index contributed by atoms with van der Waals surface area (Å²) >= 11 is -3.30. The monoisotopic (exact) mass is 1400 g/mol. The molecule has 8 bridgehead atoms. The van der Waals surface area contributed by atoms with E-state index in [0.29, 0.717) is 84.8 Å². The molecule has 79 heavy (non-hydrogen) atoms. The van der Waals surface area contributed by atoms with Crippen molar-refractivity contribution in [1.82, 2.24) is 0 Å². The Morgan fingerprint density at radius 2 is 0.582 bits per heavy atom. The number of hydrogen-bond donors (Lipinski definition) is 0. The molecule has 1 fully saturated rings. The number of hydrogen-bond acceptors (Lipinski definition) is 10. The van der Waals surface area contributed by atoms with E-state index in [0.717, 1.165) is 65.4 Å². The van der Waals surface area contributed by atoms with E-state index in [1.54, 1.807) is 0 Å². The number of fused-ring (bicyclic) bond motifs is 24. The fourth-order valence-electron chi connectivity index (χ4n) is 12.3. The second-order valence-corrected chi connectivity index (χ2v) is 25.4.